The molecule has 2 N–H and O–H groups in total. The molecule has 0 amide bonds. The van der Waals surface area contributed by atoms with E-state index in [1.54, 1.807) is 6.92 Å². The summed E-state index contributed by atoms with van der Waals surface area (Å²) in [5.41, 5.74) is 0.477. The summed E-state index contributed by atoms with van der Waals surface area (Å²) in [7, 11) is 0. The van der Waals surface area contributed by atoms with Crippen LogP contribution in [0, 0.1) is 57.2 Å². The zero-order chi connectivity index (χ0) is 28.0. The molecule has 5 aliphatic carbocycles. The number of aliphatic hydroxyl groups is 2. The van der Waals surface area contributed by atoms with E-state index in [1.807, 2.05) is 6.92 Å². The number of rotatable bonds is 7. The molecular formula is C32H48O6. The number of carbonyl (C=O) groups excluding carboxylic acids is 3. The van der Waals surface area contributed by atoms with E-state index in [2.05, 4.69) is 27.4 Å². The Morgan fingerprint density at radius 2 is 1.79 bits per heavy atom. The van der Waals surface area contributed by atoms with Crippen molar-refractivity contribution in [3.63, 3.8) is 0 Å². The van der Waals surface area contributed by atoms with Crippen molar-refractivity contribution in [2.24, 2.45) is 57.2 Å². The molecule has 0 aliphatic heterocycles. The van der Waals surface area contributed by atoms with Crippen LogP contribution in [0.1, 0.15) is 92.9 Å². The zero-order valence-electron chi connectivity index (χ0n) is 24.2. The van der Waals surface area contributed by atoms with Gasteiger partial charge in [-0.05, 0) is 89.9 Å². The van der Waals surface area contributed by atoms with Crippen LogP contribution in [0.4, 0.5) is 0 Å². The minimum Gasteiger partial charge on any atom is -0.462 e. The monoisotopic (exact) mass is 528 g/mol. The number of aliphatic hydroxyl groups excluding tert-OH is 2. The smallest absolute Gasteiger partial charge is 0.302 e. The molecule has 2 spiro atoms. The number of hydrogen-bond donors (Lipinski definition) is 2. The molecule has 5 rings (SSSR count). The van der Waals surface area contributed by atoms with Crippen LogP contribution >= 0.6 is 0 Å². The highest BCUT2D eigenvalue weighted by molar-refractivity contribution is 5.98. The van der Waals surface area contributed by atoms with Gasteiger partial charge in [0.1, 0.15) is 18.0 Å². The average Bonchev–Trinajstić information content (AvgIpc) is 3.48. The summed E-state index contributed by atoms with van der Waals surface area (Å²) in [5.74, 6) is -0.176. The molecule has 6 heteroatoms. The Kier molecular flexibility index (Phi) is 6.63. The Labute approximate surface area is 228 Å². The van der Waals surface area contributed by atoms with Gasteiger partial charge >= 0.3 is 5.97 Å². The van der Waals surface area contributed by atoms with E-state index in [1.165, 1.54) is 13.3 Å². The lowest BCUT2D eigenvalue weighted by Crippen LogP contribution is -2.56. The van der Waals surface area contributed by atoms with Crippen LogP contribution in [0.25, 0.3) is 0 Å². The first-order valence-corrected chi connectivity index (χ1v) is 14.9. The maximum Gasteiger partial charge on any atom is 0.302 e. The van der Waals surface area contributed by atoms with E-state index in [0.717, 1.165) is 38.5 Å². The molecule has 0 heterocycles. The van der Waals surface area contributed by atoms with E-state index in [4.69, 9.17) is 4.74 Å². The molecule has 6 nitrogen and oxygen atoms in total. The van der Waals surface area contributed by atoms with Crippen LogP contribution in [-0.2, 0) is 19.1 Å². The summed E-state index contributed by atoms with van der Waals surface area (Å²) in [6, 6.07) is 0. The van der Waals surface area contributed by atoms with Crippen molar-refractivity contribution in [3.05, 3.63) is 12.2 Å². The van der Waals surface area contributed by atoms with Gasteiger partial charge in [-0.25, -0.2) is 0 Å². The minimum absolute atomic E-state index is 0.0956. The summed E-state index contributed by atoms with van der Waals surface area (Å²) in [5, 5.41) is 20.9. The number of fused-ring (bicyclic) bond motifs is 2. The Hall–Kier alpha value is -1.53. The van der Waals surface area contributed by atoms with Crippen molar-refractivity contribution in [1.82, 2.24) is 0 Å². The van der Waals surface area contributed by atoms with E-state index in [9.17, 15) is 24.6 Å². The maximum atomic E-state index is 13.2. The molecule has 212 valence electrons. The molecule has 0 bridgehead atoms. The first-order chi connectivity index (χ1) is 17.7. The molecule has 5 saturated carbocycles. The van der Waals surface area contributed by atoms with Crippen LogP contribution in [0.15, 0.2) is 12.2 Å². The van der Waals surface area contributed by atoms with Crippen LogP contribution < -0.4 is 0 Å². The van der Waals surface area contributed by atoms with Crippen molar-refractivity contribution in [2.75, 3.05) is 6.61 Å². The van der Waals surface area contributed by atoms with E-state index in [-0.39, 0.29) is 57.7 Å². The molecule has 0 saturated heterocycles. The number of carbonyl (C=O) groups is 3. The van der Waals surface area contributed by atoms with E-state index in [0.29, 0.717) is 24.0 Å². The predicted molar refractivity (Wildman–Crippen MR) is 144 cm³/mol. The summed E-state index contributed by atoms with van der Waals surface area (Å²) in [4.78, 5) is 38.2. The predicted octanol–water partition coefficient (Wildman–Crippen LogP) is 4.90. The standard InChI is InChI=1S/C32H48O6/c1-17(15-33)18(2)27(36)28(37)20(4)26-24(38-21(5)34)14-30(7)25-9-8-22-19(3)23(35)10-11-31(22)16-32(25,31)13-12-29(26,30)6/h17,19-20,22,24-26,28,33,37H,2,8-16H2,1,3-7H3/t17-,19-,20?,22-,24-,25-,26-,28+,29+,30-,31?,32?/m0/s1. The topological polar surface area (TPSA) is 101 Å². The highest BCUT2D eigenvalue weighted by Gasteiger charge is 2.82. The fourth-order valence-electron chi connectivity index (χ4n) is 11.1. The molecule has 0 radical (unpaired) electrons. The number of ketones is 2. The van der Waals surface area contributed by atoms with Gasteiger partial charge < -0.3 is 14.9 Å². The molecule has 0 aromatic rings. The van der Waals surface area contributed by atoms with Gasteiger partial charge in [-0.2, -0.15) is 0 Å². The summed E-state index contributed by atoms with van der Waals surface area (Å²) in [6.45, 7) is 15.7. The Balaban J connectivity index is 1.49. The SMILES string of the molecule is C=C(C(=O)[C@H](O)C(C)[C@H]1[C@@H](OC(C)=O)C[C@@]2(C)[C@@H]3CC[C@H]4[C@H](C)C(=O)CCC45CC35CC[C@]12C)[C@@H](C)CO. The molecule has 38 heavy (non-hydrogen) atoms. The summed E-state index contributed by atoms with van der Waals surface area (Å²) in [6.07, 6.45) is 6.33. The van der Waals surface area contributed by atoms with Crippen LogP contribution in [0.2, 0.25) is 0 Å². The van der Waals surface area contributed by atoms with Crippen LogP contribution in [0.3, 0.4) is 0 Å². The van der Waals surface area contributed by atoms with Gasteiger partial charge in [0, 0.05) is 37.7 Å². The second kappa shape index (κ2) is 8.99. The lowest BCUT2D eigenvalue weighted by molar-refractivity contribution is -0.157. The lowest BCUT2D eigenvalue weighted by atomic mass is 9.43. The third-order valence-electron chi connectivity index (χ3n) is 13.3. The molecule has 3 unspecified atom stereocenters. The fraction of sp³-hybridized carbons (Fsp3) is 0.844. The average molecular weight is 529 g/mol. The van der Waals surface area contributed by atoms with Crippen LogP contribution in [-0.4, -0.2) is 46.6 Å². The Morgan fingerprint density at radius 3 is 2.42 bits per heavy atom. The maximum absolute atomic E-state index is 13.2. The zero-order valence-corrected chi connectivity index (χ0v) is 24.2. The van der Waals surface area contributed by atoms with Crippen molar-refractivity contribution < 1.29 is 29.3 Å². The highest BCUT2D eigenvalue weighted by atomic mass is 16.5. The van der Waals surface area contributed by atoms with Gasteiger partial charge in [-0.3, -0.25) is 14.4 Å². The van der Waals surface area contributed by atoms with Crippen molar-refractivity contribution in [3.8, 4) is 0 Å². The molecule has 0 aromatic heterocycles. The molecule has 5 fully saturated rings. The Morgan fingerprint density at radius 1 is 1.11 bits per heavy atom. The summed E-state index contributed by atoms with van der Waals surface area (Å²) < 4.78 is 6.02. The van der Waals surface area contributed by atoms with E-state index >= 15 is 0 Å². The first-order valence-electron chi connectivity index (χ1n) is 14.9. The van der Waals surface area contributed by atoms with Gasteiger partial charge in [0.05, 0.1) is 0 Å². The van der Waals surface area contributed by atoms with Crippen molar-refractivity contribution in [2.45, 2.75) is 105 Å². The van der Waals surface area contributed by atoms with Gasteiger partial charge in [0.2, 0.25) is 0 Å². The fourth-order valence-corrected chi connectivity index (χ4v) is 11.1. The van der Waals surface area contributed by atoms with Gasteiger partial charge in [-0.1, -0.05) is 41.2 Å². The Bertz CT molecular complexity index is 1050. The molecule has 5 aliphatic rings. The number of esters is 1. The molecule has 12 atom stereocenters. The molecular weight excluding hydrogens is 480 g/mol. The van der Waals surface area contributed by atoms with Gasteiger partial charge in [-0.15, -0.1) is 0 Å². The number of ether oxygens (including phenoxy) is 1. The van der Waals surface area contributed by atoms with Crippen LogP contribution in [0.5, 0.6) is 0 Å². The quantitative estimate of drug-likeness (QED) is 0.360. The normalized spacial score (nSPS) is 47.5. The van der Waals surface area contributed by atoms with Crippen molar-refractivity contribution >= 4 is 17.5 Å². The summed E-state index contributed by atoms with van der Waals surface area (Å²) >= 11 is 0. The lowest BCUT2D eigenvalue weighted by Gasteiger charge is -2.61. The largest absolute Gasteiger partial charge is 0.462 e. The third-order valence-corrected chi connectivity index (χ3v) is 13.3. The number of hydrogen-bond acceptors (Lipinski definition) is 6. The second-order valence-corrected chi connectivity index (χ2v) is 14.5. The number of Topliss-reactive ketones (excluding diaryl/α,β-unsaturated/α-hetero) is 2. The second-order valence-electron chi connectivity index (χ2n) is 14.5. The minimum atomic E-state index is -1.26. The van der Waals surface area contributed by atoms with E-state index < -0.39 is 23.7 Å². The third kappa shape index (κ3) is 3.47. The highest BCUT2D eigenvalue weighted by Crippen LogP contribution is 2.88. The first kappa shape index (κ1) is 28.0. The van der Waals surface area contributed by atoms with Gasteiger partial charge in [0.15, 0.2) is 5.78 Å². The molecule has 0 aromatic carbocycles. The van der Waals surface area contributed by atoms with Crippen molar-refractivity contribution in [1.29, 1.82) is 0 Å². The van der Waals surface area contributed by atoms with Gasteiger partial charge in [0.25, 0.3) is 0 Å².